The SMILES string of the molecule is CCCCCCCC[n+]1ccc2c3ccccc3n(CCCc3ccccc3)c2c1. The molecular weight excluding hydrogens is 364 g/mol. The first-order valence-corrected chi connectivity index (χ1v) is 11.8. The highest BCUT2D eigenvalue weighted by Crippen LogP contribution is 2.28. The standard InChI is InChI=1S/C28H35N2/c1-2-3-4-5-6-12-20-29-22-19-26-25-17-10-11-18-27(25)30(28(26)23-29)21-13-16-24-14-8-7-9-15-24/h7-11,14-15,17-19,22-23H,2-6,12-13,16,20-21H2,1H3/q+1. The lowest BCUT2D eigenvalue weighted by molar-refractivity contribution is -0.696. The fraction of sp³-hybridized carbons (Fsp3) is 0.393. The Morgan fingerprint density at radius 3 is 2.30 bits per heavy atom. The molecule has 0 saturated carbocycles. The minimum Gasteiger partial charge on any atom is -0.336 e. The molecule has 0 amide bonds. The van der Waals surface area contributed by atoms with E-state index >= 15 is 0 Å². The first kappa shape index (κ1) is 20.7. The highest BCUT2D eigenvalue weighted by molar-refractivity contribution is 6.07. The number of pyridine rings is 1. The molecule has 0 unspecified atom stereocenters. The number of para-hydroxylation sites is 1. The Kier molecular flexibility index (Phi) is 7.18. The summed E-state index contributed by atoms with van der Waals surface area (Å²) in [7, 11) is 0. The Balaban J connectivity index is 1.51. The van der Waals surface area contributed by atoms with Gasteiger partial charge in [-0.15, -0.1) is 0 Å². The van der Waals surface area contributed by atoms with Gasteiger partial charge in [-0.3, -0.25) is 0 Å². The van der Waals surface area contributed by atoms with Crippen LogP contribution in [0.15, 0.2) is 73.1 Å². The van der Waals surface area contributed by atoms with Gasteiger partial charge in [-0.25, -0.2) is 4.57 Å². The number of nitrogens with zero attached hydrogens (tertiary/aromatic N) is 2. The molecule has 30 heavy (non-hydrogen) atoms. The van der Waals surface area contributed by atoms with E-state index in [1.807, 2.05) is 0 Å². The van der Waals surface area contributed by atoms with E-state index in [4.69, 9.17) is 0 Å². The lowest BCUT2D eigenvalue weighted by atomic mass is 10.1. The molecule has 0 N–H and O–H groups in total. The van der Waals surface area contributed by atoms with E-state index in [1.54, 1.807) is 0 Å². The van der Waals surface area contributed by atoms with Gasteiger partial charge >= 0.3 is 0 Å². The topological polar surface area (TPSA) is 8.81 Å². The number of hydrogen-bond donors (Lipinski definition) is 0. The number of rotatable bonds is 11. The van der Waals surface area contributed by atoms with Crippen LogP contribution in [0.4, 0.5) is 0 Å². The number of unbranched alkanes of at least 4 members (excludes halogenated alkanes) is 5. The molecule has 0 saturated heterocycles. The molecule has 0 aliphatic carbocycles. The van der Waals surface area contributed by atoms with E-state index in [2.05, 4.69) is 89.1 Å². The summed E-state index contributed by atoms with van der Waals surface area (Å²) in [5.74, 6) is 0. The van der Waals surface area contributed by atoms with Crippen LogP contribution in [-0.4, -0.2) is 4.57 Å². The van der Waals surface area contributed by atoms with Crippen LogP contribution in [-0.2, 0) is 19.5 Å². The molecule has 0 bridgehead atoms. The third kappa shape index (κ3) is 4.92. The smallest absolute Gasteiger partial charge is 0.193 e. The molecule has 4 rings (SSSR count). The van der Waals surface area contributed by atoms with Gasteiger partial charge in [0.25, 0.3) is 0 Å². The van der Waals surface area contributed by atoms with Crippen molar-refractivity contribution < 1.29 is 4.57 Å². The van der Waals surface area contributed by atoms with Crippen LogP contribution >= 0.6 is 0 Å². The molecule has 2 heteroatoms. The van der Waals surface area contributed by atoms with Crippen molar-refractivity contribution in [3.05, 3.63) is 78.6 Å². The Labute approximate surface area is 181 Å². The molecule has 0 aliphatic heterocycles. The number of benzene rings is 2. The summed E-state index contributed by atoms with van der Waals surface area (Å²) in [6.07, 6.45) is 15.0. The second kappa shape index (κ2) is 10.4. The summed E-state index contributed by atoms with van der Waals surface area (Å²) in [6.45, 7) is 4.46. The molecular formula is C28H35N2+. The second-order valence-electron chi connectivity index (χ2n) is 8.51. The van der Waals surface area contributed by atoms with Crippen LogP contribution < -0.4 is 4.57 Å². The van der Waals surface area contributed by atoms with Crippen molar-refractivity contribution in [2.45, 2.75) is 71.4 Å². The minimum absolute atomic E-state index is 1.06. The molecule has 0 fully saturated rings. The van der Waals surface area contributed by atoms with Crippen molar-refractivity contribution >= 4 is 21.8 Å². The minimum atomic E-state index is 1.06. The van der Waals surface area contributed by atoms with Crippen molar-refractivity contribution in [1.29, 1.82) is 0 Å². The summed E-state index contributed by atoms with van der Waals surface area (Å²) in [5.41, 5.74) is 4.16. The van der Waals surface area contributed by atoms with Crippen LogP contribution in [0, 0.1) is 0 Å². The Morgan fingerprint density at radius 2 is 1.43 bits per heavy atom. The predicted molar refractivity (Wildman–Crippen MR) is 128 cm³/mol. The van der Waals surface area contributed by atoms with Crippen molar-refractivity contribution in [2.24, 2.45) is 0 Å². The average molecular weight is 400 g/mol. The Bertz CT molecular complexity index is 1060. The third-order valence-corrected chi connectivity index (χ3v) is 6.23. The lowest BCUT2D eigenvalue weighted by Gasteiger charge is -2.07. The number of aromatic nitrogens is 2. The summed E-state index contributed by atoms with van der Waals surface area (Å²) in [5, 5.41) is 2.75. The van der Waals surface area contributed by atoms with E-state index < -0.39 is 0 Å². The summed E-state index contributed by atoms with van der Waals surface area (Å²) in [4.78, 5) is 0. The molecule has 4 aromatic rings. The molecule has 0 radical (unpaired) electrons. The maximum Gasteiger partial charge on any atom is 0.193 e. The number of hydrogen-bond acceptors (Lipinski definition) is 0. The number of fused-ring (bicyclic) bond motifs is 3. The monoisotopic (exact) mass is 399 g/mol. The van der Waals surface area contributed by atoms with E-state index in [0.717, 1.165) is 25.9 Å². The molecule has 2 aromatic heterocycles. The normalized spacial score (nSPS) is 11.5. The second-order valence-corrected chi connectivity index (χ2v) is 8.51. The van der Waals surface area contributed by atoms with Gasteiger partial charge in [-0.1, -0.05) is 81.1 Å². The van der Waals surface area contributed by atoms with Gasteiger partial charge in [0.05, 0.1) is 0 Å². The van der Waals surface area contributed by atoms with E-state index in [0.29, 0.717) is 0 Å². The zero-order valence-electron chi connectivity index (χ0n) is 18.4. The van der Waals surface area contributed by atoms with Crippen molar-refractivity contribution in [2.75, 3.05) is 0 Å². The van der Waals surface area contributed by atoms with E-state index in [1.165, 1.54) is 65.9 Å². The Morgan fingerprint density at radius 1 is 0.700 bits per heavy atom. The van der Waals surface area contributed by atoms with E-state index in [-0.39, 0.29) is 0 Å². The third-order valence-electron chi connectivity index (χ3n) is 6.23. The molecule has 2 nitrogen and oxygen atoms in total. The van der Waals surface area contributed by atoms with Crippen LogP contribution in [0.5, 0.6) is 0 Å². The largest absolute Gasteiger partial charge is 0.336 e. The zero-order valence-corrected chi connectivity index (χ0v) is 18.4. The fourth-order valence-corrected chi connectivity index (χ4v) is 4.58. The van der Waals surface area contributed by atoms with Gasteiger partial charge in [0.2, 0.25) is 0 Å². The van der Waals surface area contributed by atoms with Gasteiger partial charge in [0.15, 0.2) is 12.4 Å². The van der Waals surface area contributed by atoms with Crippen LogP contribution in [0.3, 0.4) is 0 Å². The molecule has 2 aromatic carbocycles. The first-order valence-electron chi connectivity index (χ1n) is 11.8. The van der Waals surface area contributed by atoms with Gasteiger partial charge in [-0.05, 0) is 30.9 Å². The molecule has 156 valence electrons. The van der Waals surface area contributed by atoms with Gasteiger partial charge in [-0.2, -0.15) is 0 Å². The summed E-state index contributed by atoms with van der Waals surface area (Å²) in [6, 6.07) is 22.0. The summed E-state index contributed by atoms with van der Waals surface area (Å²) < 4.78 is 4.93. The molecule has 0 aliphatic rings. The number of aryl methyl sites for hydroxylation is 3. The highest BCUT2D eigenvalue weighted by Gasteiger charge is 2.14. The molecule has 0 spiro atoms. The Hall–Kier alpha value is -2.61. The van der Waals surface area contributed by atoms with Crippen LogP contribution in [0.1, 0.15) is 57.4 Å². The van der Waals surface area contributed by atoms with Gasteiger partial charge in [0, 0.05) is 35.3 Å². The first-order chi connectivity index (χ1) is 14.9. The van der Waals surface area contributed by atoms with Gasteiger partial charge in [0.1, 0.15) is 12.1 Å². The molecule has 2 heterocycles. The lowest BCUT2D eigenvalue weighted by Crippen LogP contribution is -2.32. The van der Waals surface area contributed by atoms with Crippen molar-refractivity contribution in [3.8, 4) is 0 Å². The van der Waals surface area contributed by atoms with Crippen molar-refractivity contribution in [3.63, 3.8) is 0 Å². The van der Waals surface area contributed by atoms with E-state index in [9.17, 15) is 0 Å². The van der Waals surface area contributed by atoms with Crippen molar-refractivity contribution in [1.82, 2.24) is 4.57 Å². The quantitative estimate of drug-likeness (QED) is 0.188. The highest BCUT2D eigenvalue weighted by atomic mass is 15.0. The fourth-order valence-electron chi connectivity index (χ4n) is 4.58. The maximum atomic E-state index is 2.53. The summed E-state index contributed by atoms with van der Waals surface area (Å²) >= 11 is 0. The van der Waals surface area contributed by atoms with Crippen LogP contribution in [0.2, 0.25) is 0 Å². The van der Waals surface area contributed by atoms with Crippen LogP contribution in [0.25, 0.3) is 21.8 Å². The molecule has 0 atom stereocenters. The van der Waals surface area contributed by atoms with Gasteiger partial charge < -0.3 is 4.57 Å². The maximum absolute atomic E-state index is 2.53. The average Bonchev–Trinajstić information content (AvgIpc) is 3.10. The predicted octanol–water partition coefficient (Wildman–Crippen LogP) is 7.08. The zero-order chi connectivity index (χ0) is 20.6.